The summed E-state index contributed by atoms with van der Waals surface area (Å²) in [6.07, 6.45) is 0.725. The van der Waals surface area contributed by atoms with Crippen LogP contribution in [0, 0.1) is 10.8 Å². The van der Waals surface area contributed by atoms with Crippen LogP contribution in [0.5, 0.6) is 0 Å². The van der Waals surface area contributed by atoms with Crippen LogP contribution in [0.1, 0.15) is 45.5 Å². The number of ether oxygens (including phenoxy) is 1. The molecule has 0 radical (unpaired) electrons. The summed E-state index contributed by atoms with van der Waals surface area (Å²) >= 11 is -2.36. The summed E-state index contributed by atoms with van der Waals surface area (Å²) in [6.45, 7) is 5.07. The maximum absolute atomic E-state index is 13.0. The van der Waals surface area contributed by atoms with E-state index in [0.717, 1.165) is 5.57 Å². The molecule has 5 atom stereocenters. The average Bonchev–Trinajstić information content (AvgIpc) is 3.48. The predicted octanol–water partition coefficient (Wildman–Crippen LogP) is 1.67. The van der Waals surface area contributed by atoms with Crippen molar-refractivity contribution in [1.29, 1.82) is 0 Å². The van der Waals surface area contributed by atoms with Crippen molar-refractivity contribution in [3.8, 4) is 0 Å². The van der Waals surface area contributed by atoms with Gasteiger partial charge in [-0.15, -0.1) is 0 Å². The summed E-state index contributed by atoms with van der Waals surface area (Å²) in [5.41, 5.74) is -0.964. The summed E-state index contributed by atoms with van der Waals surface area (Å²) in [6, 6.07) is 5.62. The van der Waals surface area contributed by atoms with E-state index < -0.39 is 39.9 Å². The van der Waals surface area contributed by atoms with Crippen LogP contribution in [-0.4, -0.2) is 48.2 Å². The quantitative estimate of drug-likeness (QED) is 0.476. The van der Waals surface area contributed by atoms with Gasteiger partial charge in [0.2, 0.25) is 0 Å². The Morgan fingerprint density at radius 3 is 2.40 bits per heavy atom. The standard InChI is InChI=1S/C22H26O7S/c1-12-16-15(17(23)21(3,26)22(12)8-9-22)10-20(2,18(16)24)11-29-19(25)13-4-6-14(7-5-13)30(27)28/h4-7,10,18-19,24-26H,8-9,11H2,1-3H3,(H,27,28)/p-1/t18-,19?,20+,21+/m1/s1. The maximum atomic E-state index is 13.0. The Labute approximate surface area is 177 Å². The van der Waals surface area contributed by atoms with Crippen LogP contribution < -0.4 is 0 Å². The van der Waals surface area contributed by atoms with E-state index in [9.17, 15) is 28.9 Å². The van der Waals surface area contributed by atoms with Crippen molar-refractivity contribution in [3.05, 3.63) is 52.6 Å². The molecule has 30 heavy (non-hydrogen) atoms. The van der Waals surface area contributed by atoms with E-state index in [-0.39, 0.29) is 17.3 Å². The second kappa shape index (κ2) is 6.91. The normalized spacial score (nSPS) is 34.0. The summed E-state index contributed by atoms with van der Waals surface area (Å²) in [4.78, 5) is 13.1. The van der Waals surface area contributed by atoms with Crippen molar-refractivity contribution in [3.63, 3.8) is 0 Å². The minimum Gasteiger partial charge on any atom is -0.768 e. The molecule has 1 aromatic rings. The zero-order valence-electron chi connectivity index (χ0n) is 17.0. The first-order chi connectivity index (χ1) is 13.9. The molecule has 0 saturated heterocycles. The van der Waals surface area contributed by atoms with Crippen molar-refractivity contribution in [2.24, 2.45) is 10.8 Å². The fourth-order valence-electron chi connectivity index (χ4n) is 4.87. The molecule has 4 rings (SSSR count). The van der Waals surface area contributed by atoms with Gasteiger partial charge in [0.05, 0.1) is 12.7 Å². The molecule has 0 heterocycles. The molecule has 162 valence electrons. The van der Waals surface area contributed by atoms with E-state index in [2.05, 4.69) is 0 Å². The van der Waals surface area contributed by atoms with Crippen molar-refractivity contribution in [2.45, 2.75) is 56.5 Å². The fourth-order valence-corrected chi connectivity index (χ4v) is 5.22. The van der Waals surface area contributed by atoms with Gasteiger partial charge in [0, 0.05) is 26.9 Å². The third-order valence-electron chi connectivity index (χ3n) is 7.06. The molecule has 0 aliphatic heterocycles. The van der Waals surface area contributed by atoms with Gasteiger partial charge in [0.25, 0.3) is 0 Å². The van der Waals surface area contributed by atoms with Gasteiger partial charge in [-0.25, -0.2) is 0 Å². The molecule has 1 spiro atoms. The van der Waals surface area contributed by atoms with Gasteiger partial charge < -0.3 is 24.6 Å². The Kier molecular flexibility index (Phi) is 4.97. The molecule has 1 aromatic carbocycles. The number of rotatable bonds is 5. The lowest BCUT2D eigenvalue weighted by molar-refractivity contribution is -0.138. The van der Waals surface area contributed by atoms with Gasteiger partial charge in [0.1, 0.15) is 5.60 Å². The number of aliphatic hydroxyl groups is 3. The number of carbonyl (C=O) groups is 1. The number of Topliss-reactive ketones (excluding diaryl/α,β-unsaturated/α-hetero) is 1. The SMILES string of the molecule is CC1=C2C(=C[C@@](C)(COC(O)c3ccc(S(=O)[O-])cc3)[C@@H]2O)C(=O)[C@](C)(O)C12CC2. The highest BCUT2D eigenvalue weighted by Crippen LogP contribution is 2.65. The Hall–Kier alpha value is -1.68. The van der Waals surface area contributed by atoms with E-state index >= 15 is 0 Å². The highest BCUT2D eigenvalue weighted by Gasteiger charge is 2.66. The topological polar surface area (TPSA) is 127 Å². The molecule has 3 N–H and O–H groups in total. The Morgan fingerprint density at radius 2 is 1.87 bits per heavy atom. The van der Waals surface area contributed by atoms with E-state index in [0.29, 0.717) is 29.6 Å². The summed E-state index contributed by atoms with van der Waals surface area (Å²) < 4.78 is 27.5. The monoisotopic (exact) mass is 433 g/mol. The molecule has 1 fully saturated rings. The van der Waals surface area contributed by atoms with E-state index in [4.69, 9.17) is 4.74 Å². The molecular weight excluding hydrogens is 408 g/mol. The van der Waals surface area contributed by atoms with Crippen molar-refractivity contribution in [1.82, 2.24) is 0 Å². The van der Waals surface area contributed by atoms with Crippen molar-refractivity contribution < 1.29 is 33.6 Å². The molecule has 3 aliphatic rings. The lowest BCUT2D eigenvalue weighted by Crippen LogP contribution is -2.50. The second-order valence-corrected chi connectivity index (χ2v) is 9.90. The molecule has 1 saturated carbocycles. The number of hydrogen-bond donors (Lipinski definition) is 3. The largest absolute Gasteiger partial charge is 0.768 e. The van der Waals surface area contributed by atoms with Crippen LogP contribution in [0.15, 0.2) is 52.0 Å². The first kappa shape index (κ1) is 21.5. The third-order valence-corrected chi connectivity index (χ3v) is 7.72. The Balaban J connectivity index is 1.57. The minimum atomic E-state index is -2.36. The Bertz CT molecular complexity index is 987. The minimum absolute atomic E-state index is 0.0761. The molecule has 3 aliphatic carbocycles. The van der Waals surface area contributed by atoms with Gasteiger partial charge in [0.15, 0.2) is 12.1 Å². The zero-order valence-corrected chi connectivity index (χ0v) is 17.9. The second-order valence-electron chi connectivity index (χ2n) is 8.96. The smallest absolute Gasteiger partial charge is 0.195 e. The molecular formula is C22H25O7S-. The van der Waals surface area contributed by atoms with E-state index in [1.807, 2.05) is 6.92 Å². The number of ketones is 1. The van der Waals surface area contributed by atoms with Crippen LogP contribution in [0.2, 0.25) is 0 Å². The zero-order chi connectivity index (χ0) is 22.1. The average molecular weight is 434 g/mol. The molecule has 2 unspecified atom stereocenters. The molecule has 0 amide bonds. The lowest BCUT2D eigenvalue weighted by atomic mass is 9.67. The van der Waals surface area contributed by atoms with E-state index in [1.54, 1.807) is 19.9 Å². The summed E-state index contributed by atoms with van der Waals surface area (Å²) in [5.74, 6) is -0.384. The predicted molar refractivity (Wildman–Crippen MR) is 107 cm³/mol. The Morgan fingerprint density at radius 1 is 1.27 bits per heavy atom. The highest BCUT2D eigenvalue weighted by atomic mass is 32.2. The summed E-state index contributed by atoms with van der Waals surface area (Å²) in [7, 11) is 0. The van der Waals surface area contributed by atoms with Crippen molar-refractivity contribution in [2.75, 3.05) is 6.61 Å². The van der Waals surface area contributed by atoms with Crippen LogP contribution in [0.4, 0.5) is 0 Å². The number of benzene rings is 1. The van der Waals surface area contributed by atoms with Crippen LogP contribution >= 0.6 is 0 Å². The first-order valence-electron chi connectivity index (χ1n) is 9.83. The number of hydrogen-bond acceptors (Lipinski definition) is 7. The van der Waals surface area contributed by atoms with Gasteiger partial charge in [-0.1, -0.05) is 30.7 Å². The number of fused-ring (bicyclic) bond motifs is 1. The molecule has 0 bridgehead atoms. The first-order valence-corrected chi connectivity index (χ1v) is 10.9. The maximum Gasteiger partial charge on any atom is 0.195 e. The van der Waals surface area contributed by atoms with Crippen molar-refractivity contribution >= 4 is 16.9 Å². The fraction of sp³-hybridized carbons (Fsp3) is 0.500. The summed E-state index contributed by atoms with van der Waals surface area (Å²) in [5, 5.41) is 32.3. The highest BCUT2D eigenvalue weighted by molar-refractivity contribution is 7.79. The van der Waals surface area contributed by atoms with Crippen LogP contribution in [0.3, 0.4) is 0 Å². The lowest BCUT2D eigenvalue weighted by Gasteiger charge is -2.39. The van der Waals surface area contributed by atoms with Gasteiger partial charge >= 0.3 is 0 Å². The number of aliphatic hydroxyl groups excluding tert-OH is 2. The molecule has 7 nitrogen and oxygen atoms in total. The molecule has 8 heteroatoms. The van der Waals surface area contributed by atoms with Crippen LogP contribution in [-0.2, 0) is 20.6 Å². The van der Waals surface area contributed by atoms with Gasteiger partial charge in [-0.2, -0.15) is 0 Å². The van der Waals surface area contributed by atoms with Gasteiger partial charge in [-0.05, 0) is 55.5 Å². The molecule has 0 aromatic heterocycles. The third kappa shape index (κ3) is 2.97. The van der Waals surface area contributed by atoms with Crippen LogP contribution in [0.25, 0.3) is 0 Å². The van der Waals surface area contributed by atoms with E-state index in [1.165, 1.54) is 24.3 Å². The van der Waals surface area contributed by atoms with Gasteiger partial charge in [-0.3, -0.25) is 9.00 Å². The number of carbonyl (C=O) groups excluding carboxylic acids is 1.